The summed E-state index contributed by atoms with van der Waals surface area (Å²) in [4.78, 5) is 14.5. The van der Waals surface area contributed by atoms with Crippen molar-refractivity contribution in [1.29, 1.82) is 0 Å². The Balaban J connectivity index is 1.62. The number of anilines is 1. The average Bonchev–Trinajstić information content (AvgIpc) is 3.70. The van der Waals surface area contributed by atoms with Crippen LogP contribution in [-0.4, -0.2) is 31.3 Å². The summed E-state index contributed by atoms with van der Waals surface area (Å²) in [7, 11) is 1.57. The molecule has 208 valence electrons. The van der Waals surface area contributed by atoms with Crippen LogP contribution in [0.1, 0.15) is 35.6 Å². The van der Waals surface area contributed by atoms with Crippen LogP contribution in [0.25, 0.3) is 0 Å². The summed E-state index contributed by atoms with van der Waals surface area (Å²) in [6.07, 6.45) is 2.64. The molecule has 1 amide bonds. The predicted molar refractivity (Wildman–Crippen MR) is 142 cm³/mol. The summed E-state index contributed by atoms with van der Waals surface area (Å²) in [5.41, 5.74) is 7.97. The molecule has 1 atom stereocenters. The number of nitrogens with zero attached hydrogens (tertiary/aromatic N) is 2. The number of aromatic nitrogens is 1. The van der Waals surface area contributed by atoms with Gasteiger partial charge in [0.25, 0.3) is 0 Å². The first-order valence-electron chi connectivity index (χ1n) is 12.1. The summed E-state index contributed by atoms with van der Waals surface area (Å²) >= 11 is 12.6. The Kier molecular flexibility index (Phi) is 9.19. The quantitative estimate of drug-likeness (QED) is 0.165. The number of hydrogen-bond donors (Lipinski definition) is 1. The lowest BCUT2D eigenvalue weighted by Gasteiger charge is -2.24. The fourth-order valence-corrected chi connectivity index (χ4v) is 4.43. The van der Waals surface area contributed by atoms with Crippen LogP contribution in [0, 0.1) is 11.1 Å². The van der Waals surface area contributed by atoms with Crippen molar-refractivity contribution in [3.63, 3.8) is 0 Å². The molecule has 0 spiro atoms. The van der Waals surface area contributed by atoms with E-state index in [1.807, 2.05) is 0 Å². The van der Waals surface area contributed by atoms with Crippen molar-refractivity contribution in [2.75, 3.05) is 19.4 Å². The van der Waals surface area contributed by atoms with Gasteiger partial charge in [-0.15, -0.1) is 0 Å². The Morgan fingerprint density at radius 3 is 2.41 bits per heavy atom. The van der Waals surface area contributed by atoms with E-state index in [1.165, 1.54) is 23.1 Å². The highest BCUT2D eigenvalue weighted by atomic mass is 35.5. The minimum atomic E-state index is -3.05. The van der Waals surface area contributed by atoms with E-state index < -0.39 is 18.8 Å². The number of nitrogen functional groups attached to an aromatic ring is 1. The number of hydrogen-bond acceptors (Lipinski definition) is 6. The molecule has 1 fully saturated rings. The molecule has 4 rings (SSSR count). The minimum absolute atomic E-state index is 0.00290. The van der Waals surface area contributed by atoms with E-state index in [-0.39, 0.29) is 34.5 Å². The molecular weight excluding hydrogens is 555 g/mol. The molecule has 0 bridgehead atoms. The standard InChI is InChI=1S/C27H27Cl2F2N3O5/c1-33(12-16-4-7-19(32)8-5-16)27(35)39-24(11-20-21(28)13-34(36)14-22(20)29)18-6-9-23(38-26(30)31)25(10-18)37-15-17-2-3-17/h4-10,13-14,17,24,26H,2-3,11-12,15,32H2,1H3. The van der Waals surface area contributed by atoms with Gasteiger partial charge in [0.2, 0.25) is 0 Å². The Morgan fingerprint density at radius 1 is 1.13 bits per heavy atom. The van der Waals surface area contributed by atoms with Crippen LogP contribution < -0.4 is 19.9 Å². The first kappa shape index (κ1) is 28.5. The van der Waals surface area contributed by atoms with Gasteiger partial charge in [0, 0.05) is 31.3 Å². The second-order valence-electron chi connectivity index (χ2n) is 9.31. The van der Waals surface area contributed by atoms with Gasteiger partial charge in [-0.25, -0.2) is 4.79 Å². The number of rotatable bonds is 11. The van der Waals surface area contributed by atoms with Gasteiger partial charge in [-0.05, 0) is 54.2 Å². The number of ether oxygens (including phenoxy) is 3. The topological polar surface area (TPSA) is 101 Å². The Morgan fingerprint density at radius 2 is 1.79 bits per heavy atom. The van der Waals surface area contributed by atoms with E-state index in [0.29, 0.717) is 34.1 Å². The van der Waals surface area contributed by atoms with E-state index in [1.54, 1.807) is 31.3 Å². The van der Waals surface area contributed by atoms with Gasteiger partial charge in [-0.2, -0.15) is 13.5 Å². The van der Waals surface area contributed by atoms with E-state index in [9.17, 15) is 18.8 Å². The van der Waals surface area contributed by atoms with Crippen molar-refractivity contribution >= 4 is 35.0 Å². The lowest BCUT2D eigenvalue weighted by atomic mass is 10.0. The summed E-state index contributed by atoms with van der Waals surface area (Å²) in [6.45, 7) is -2.46. The number of benzene rings is 2. The van der Waals surface area contributed by atoms with Gasteiger partial charge in [0.1, 0.15) is 16.1 Å². The number of pyridine rings is 1. The van der Waals surface area contributed by atoms with Crippen LogP contribution in [0.4, 0.5) is 19.3 Å². The van der Waals surface area contributed by atoms with Crippen molar-refractivity contribution in [1.82, 2.24) is 4.90 Å². The zero-order valence-electron chi connectivity index (χ0n) is 21.0. The molecule has 2 N–H and O–H groups in total. The molecule has 2 aromatic carbocycles. The minimum Gasteiger partial charge on any atom is -0.619 e. The molecule has 0 radical (unpaired) electrons. The van der Waals surface area contributed by atoms with Crippen molar-refractivity contribution in [2.45, 2.75) is 38.5 Å². The van der Waals surface area contributed by atoms with Crippen LogP contribution in [0.5, 0.6) is 11.5 Å². The molecule has 8 nitrogen and oxygen atoms in total. The summed E-state index contributed by atoms with van der Waals surface area (Å²) in [5, 5.41) is 11.9. The molecule has 12 heteroatoms. The largest absolute Gasteiger partial charge is 0.619 e. The highest BCUT2D eigenvalue weighted by Crippen LogP contribution is 2.38. The Labute approximate surface area is 234 Å². The third-order valence-corrected chi connectivity index (χ3v) is 6.78. The molecule has 39 heavy (non-hydrogen) atoms. The lowest BCUT2D eigenvalue weighted by molar-refractivity contribution is -0.605. The smallest absolute Gasteiger partial charge is 0.410 e. The Bertz CT molecular complexity index is 1290. The van der Waals surface area contributed by atoms with Crippen LogP contribution in [-0.2, 0) is 17.7 Å². The van der Waals surface area contributed by atoms with Crippen molar-refractivity contribution in [3.8, 4) is 11.5 Å². The van der Waals surface area contributed by atoms with Crippen LogP contribution >= 0.6 is 23.2 Å². The molecule has 3 aromatic rings. The molecule has 1 aliphatic carbocycles. The third-order valence-electron chi connectivity index (χ3n) is 6.13. The Hall–Kier alpha value is -3.50. The van der Waals surface area contributed by atoms with Crippen molar-refractivity contribution < 1.29 is 32.5 Å². The second kappa shape index (κ2) is 12.6. The lowest BCUT2D eigenvalue weighted by Crippen LogP contribution is -2.29. The van der Waals surface area contributed by atoms with Crippen molar-refractivity contribution in [2.24, 2.45) is 5.92 Å². The maximum absolute atomic E-state index is 13.1. The zero-order chi connectivity index (χ0) is 28.1. The zero-order valence-corrected chi connectivity index (χ0v) is 22.5. The second-order valence-corrected chi connectivity index (χ2v) is 10.1. The van der Waals surface area contributed by atoms with E-state index in [4.69, 9.17) is 38.4 Å². The number of carbonyl (C=O) groups is 1. The van der Waals surface area contributed by atoms with Gasteiger partial charge in [0.05, 0.1) is 6.61 Å². The number of halogens is 4. The van der Waals surface area contributed by atoms with Gasteiger partial charge in [0.15, 0.2) is 23.9 Å². The van der Waals surface area contributed by atoms with Gasteiger partial charge >= 0.3 is 12.7 Å². The molecule has 1 heterocycles. The summed E-state index contributed by atoms with van der Waals surface area (Å²) in [5.74, 6) is 0.311. The third kappa shape index (κ3) is 8.00. The molecule has 1 aromatic heterocycles. The highest BCUT2D eigenvalue weighted by molar-refractivity contribution is 6.35. The maximum atomic E-state index is 13.1. The van der Waals surface area contributed by atoms with Gasteiger partial charge in [-0.1, -0.05) is 41.4 Å². The first-order chi connectivity index (χ1) is 18.6. The molecule has 1 saturated carbocycles. The van der Waals surface area contributed by atoms with E-state index in [0.717, 1.165) is 30.8 Å². The van der Waals surface area contributed by atoms with Crippen LogP contribution in [0.15, 0.2) is 54.9 Å². The molecule has 0 aliphatic heterocycles. The first-order valence-corrected chi connectivity index (χ1v) is 12.9. The molecule has 0 saturated heterocycles. The number of amides is 1. The number of nitrogens with two attached hydrogens (primary N) is 1. The van der Waals surface area contributed by atoms with Crippen molar-refractivity contribution in [3.05, 3.63) is 86.8 Å². The summed E-state index contributed by atoms with van der Waals surface area (Å²) in [6, 6.07) is 11.4. The highest BCUT2D eigenvalue weighted by Gasteiger charge is 2.27. The predicted octanol–water partition coefficient (Wildman–Crippen LogP) is 6.15. The fourth-order valence-electron chi connectivity index (χ4n) is 3.83. The van der Waals surface area contributed by atoms with Crippen LogP contribution in [0.2, 0.25) is 10.0 Å². The molecular formula is C27H27Cl2F2N3O5. The van der Waals surface area contributed by atoms with Gasteiger partial charge in [-0.3, -0.25) is 0 Å². The number of carbonyl (C=O) groups excluding carboxylic acids is 1. The fraction of sp³-hybridized carbons (Fsp3) is 0.333. The maximum Gasteiger partial charge on any atom is 0.410 e. The number of alkyl halides is 2. The van der Waals surface area contributed by atoms with E-state index >= 15 is 0 Å². The van der Waals surface area contributed by atoms with E-state index in [2.05, 4.69) is 4.74 Å². The van der Waals surface area contributed by atoms with Crippen LogP contribution in [0.3, 0.4) is 0 Å². The normalized spacial score (nSPS) is 13.7. The molecule has 1 aliphatic rings. The average molecular weight is 582 g/mol. The van der Waals surface area contributed by atoms with Gasteiger partial charge < -0.3 is 30.1 Å². The monoisotopic (exact) mass is 581 g/mol. The molecule has 1 unspecified atom stereocenters. The SMILES string of the molecule is CN(Cc1ccc(N)cc1)C(=O)OC(Cc1c(Cl)c[n+]([O-])cc1Cl)c1ccc(OC(F)F)c(OCC2CC2)c1. The summed E-state index contributed by atoms with van der Waals surface area (Å²) < 4.78 is 42.8.